The van der Waals surface area contributed by atoms with Crippen molar-refractivity contribution in [2.24, 2.45) is 0 Å². The van der Waals surface area contributed by atoms with Crippen LogP contribution in [0.15, 0.2) is 48.5 Å². The van der Waals surface area contributed by atoms with E-state index in [2.05, 4.69) is 0 Å². The highest BCUT2D eigenvalue weighted by molar-refractivity contribution is 7.42. The summed E-state index contributed by atoms with van der Waals surface area (Å²) in [6.45, 7) is 0. The Morgan fingerprint density at radius 3 is 1.67 bits per heavy atom. The van der Waals surface area contributed by atoms with Gasteiger partial charge in [-0.05, 0) is 24.3 Å². The van der Waals surface area contributed by atoms with Crippen LogP contribution in [-0.4, -0.2) is 6.18 Å². The van der Waals surface area contributed by atoms with Crippen LogP contribution in [0.5, 0.6) is 0 Å². The molecule has 18 heavy (non-hydrogen) atoms. The number of benzene rings is 2. The maximum absolute atomic E-state index is 12.7. The SMILES string of the molecule is FC(F)(F)C[s+]1c2ccccc2c2ccccc21. The first-order chi connectivity index (χ1) is 8.56. The highest BCUT2D eigenvalue weighted by Crippen LogP contribution is 2.46. The number of hydrogen-bond acceptors (Lipinski definition) is 0. The van der Waals surface area contributed by atoms with Gasteiger partial charge in [0.1, 0.15) is 0 Å². The van der Waals surface area contributed by atoms with E-state index in [1.54, 1.807) is 12.1 Å². The Labute approximate surface area is 105 Å². The smallest absolute Gasteiger partial charge is 0.166 e. The first-order valence-corrected chi connectivity index (χ1v) is 6.92. The topological polar surface area (TPSA) is 0 Å². The first-order valence-electron chi connectivity index (χ1n) is 5.52. The molecule has 92 valence electrons. The molecule has 1 heterocycles. The lowest BCUT2D eigenvalue weighted by Crippen LogP contribution is -2.07. The van der Waals surface area contributed by atoms with Crippen LogP contribution < -0.4 is 0 Å². The molecule has 0 saturated heterocycles. The Balaban J connectivity index is 2.38. The summed E-state index contributed by atoms with van der Waals surface area (Å²) in [7, 11) is -0.872. The molecule has 0 aliphatic carbocycles. The minimum absolute atomic E-state index is 0.763. The van der Waals surface area contributed by atoms with Crippen molar-refractivity contribution in [1.82, 2.24) is 0 Å². The van der Waals surface area contributed by atoms with Gasteiger partial charge in [-0.3, -0.25) is 0 Å². The Morgan fingerprint density at radius 2 is 1.22 bits per heavy atom. The Bertz CT molecular complexity index is 656. The molecule has 0 radical (unpaired) electrons. The summed E-state index contributed by atoms with van der Waals surface area (Å²) in [5, 5.41) is 1.89. The van der Waals surface area contributed by atoms with E-state index in [1.807, 2.05) is 36.4 Å². The van der Waals surface area contributed by atoms with Crippen molar-refractivity contribution in [1.29, 1.82) is 0 Å². The van der Waals surface area contributed by atoms with E-state index < -0.39 is 22.4 Å². The zero-order chi connectivity index (χ0) is 12.8. The monoisotopic (exact) mass is 267 g/mol. The van der Waals surface area contributed by atoms with Crippen molar-refractivity contribution in [3.05, 3.63) is 48.5 Å². The van der Waals surface area contributed by atoms with Crippen LogP contribution in [-0.2, 0) is 5.75 Å². The molecule has 0 unspecified atom stereocenters. The predicted octanol–water partition coefficient (Wildman–Crippen LogP) is 5.30. The third-order valence-corrected chi connectivity index (χ3v) is 5.29. The lowest BCUT2D eigenvalue weighted by atomic mass is 10.2. The normalized spacial score (nSPS) is 12.4. The zero-order valence-corrected chi connectivity index (χ0v) is 10.2. The number of alkyl halides is 3. The molecule has 0 saturated carbocycles. The van der Waals surface area contributed by atoms with Crippen LogP contribution in [0.1, 0.15) is 0 Å². The minimum atomic E-state index is -4.13. The highest BCUT2D eigenvalue weighted by Gasteiger charge is 2.37. The molecule has 0 aliphatic rings. The first kappa shape index (κ1) is 11.5. The number of rotatable bonds is 1. The summed E-state index contributed by atoms with van der Waals surface area (Å²) in [5.41, 5.74) is 0. The van der Waals surface area contributed by atoms with E-state index in [0.29, 0.717) is 0 Å². The molecule has 3 rings (SSSR count). The standard InChI is InChI=1S/C14H10F3S/c15-14(16,17)9-18-12-7-3-1-5-10(12)11-6-2-4-8-13(11)18/h1-8H,9H2/q+1. The number of halogens is 3. The summed E-state index contributed by atoms with van der Waals surface area (Å²) in [4.78, 5) is 0. The van der Waals surface area contributed by atoms with Crippen LogP contribution in [0.4, 0.5) is 13.2 Å². The summed E-state index contributed by atoms with van der Waals surface area (Å²) in [6, 6.07) is 14.8. The molecular formula is C14H10F3S+. The Morgan fingerprint density at radius 1 is 0.778 bits per heavy atom. The second-order valence-corrected chi connectivity index (χ2v) is 6.09. The minimum Gasteiger partial charge on any atom is -0.166 e. The lowest BCUT2D eigenvalue weighted by Gasteiger charge is -1.99. The van der Waals surface area contributed by atoms with E-state index in [0.717, 1.165) is 20.2 Å². The number of hydrogen-bond donors (Lipinski definition) is 0. The average molecular weight is 267 g/mol. The molecule has 4 heteroatoms. The molecule has 1 aromatic heterocycles. The molecule has 0 aliphatic heterocycles. The molecule has 0 nitrogen and oxygen atoms in total. The van der Waals surface area contributed by atoms with E-state index in [-0.39, 0.29) is 0 Å². The van der Waals surface area contributed by atoms with Crippen molar-refractivity contribution in [3.8, 4) is 0 Å². The largest absolute Gasteiger partial charge is 0.437 e. The molecule has 0 N–H and O–H groups in total. The average Bonchev–Trinajstić information content (AvgIpc) is 2.64. The van der Waals surface area contributed by atoms with Crippen LogP contribution >= 0.6 is 10.5 Å². The fourth-order valence-electron chi connectivity index (χ4n) is 2.25. The van der Waals surface area contributed by atoms with E-state index in [4.69, 9.17) is 0 Å². The number of thiophene rings is 1. The van der Waals surface area contributed by atoms with Gasteiger partial charge in [-0.15, -0.1) is 0 Å². The summed E-state index contributed by atoms with van der Waals surface area (Å²) >= 11 is 0. The quantitative estimate of drug-likeness (QED) is 0.524. The van der Waals surface area contributed by atoms with E-state index in [9.17, 15) is 13.2 Å². The van der Waals surface area contributed by atoms with Gasteiger partial charge in [-0.25, -0.2) is 0 Å². The van der Waals surface area contributed by atoms with Gasteiger partial charge in [-0.2, -0.15) is 13.2 Å². The molecular weight excluding hydrogens is 257 g/mol. The fraction of sp³-hybridized carbons (Fsp3) is 0.143. The molecule has 0 spiro atoms. The maximum Gasteiger partial charge on any atom is 0.437 e. The van der Waals surface area contributed by atoms with Gasteiger partial charge >= 0.3 is 6.18 Å². The second kappa shape index (κ2) is 3.99. The van der Waals surface area contributed by atoms with Crippen LogP contribution in [0, 0.1) is 0 Å². The van der Waals surface area contributed by atoms with Crippen molar-refractivity contribution in [2.75, 3.05) is 0 Å². The zero-order valence-electron chi connectivity index (χ0n) is 9.37. The van der Waals surface area contributed by atoms with Crippen molar-refractivity contribution >= 4 is 30.6 Å². The molecule has 2 aromatic carbocycles. The van der Waals surface area contributed by atoms with Crippen molar-refractivity contribution in [2.45, 2.75) is 11.9 Å². The highest BCUT2D eigenvalue weighted by atomic mass is 32.2. The predicted molar refractivity (Wildman–Crippen MR) is 70.0 cm³/mol. The summed E-state index contributed by atoms with van der Waals surface area (Å²) in [6.07, 6.45) is -4.13. The van der Waals surface area contributed by atoms with Crippen molar-refractivity contribution in [3.63, 3.8) is 0 Å². The molecule has 0 fully saturated rings. The molecule has 0 atom stereocenters. The lowest BCUT2D eigenvalue weighted by molar-refractivity contribution is -0.118. The summed E-state index contributed by atoms with van der Waals surface area (Å²) < 4.78 is 39.7. The Hall–Kier alpha value is -1.55. The van der Waals surface area contributed by atoms with Gasteiger partial charge in [0.05, 0.1) is 0 Å². The fourth-order valence-corrected chi connectivity index (χ4v) is 4.49. The van der Waals surface area contributed by atoms with Crippen LogP contribution in [0.25, 0.3) is 20.2 Å². The van der Waals surface area contributed by atoms with Gasteiger partial charge < -0.3 is 0 Å². The van der Waals surface area contributed by atoms with Gasteiger partial charge in [0.25, 0.3) is 0 Å². The second-order valence-electron chi connectivity index (χ2n) is 4.14. The van der Waals surface area contributed by atoms with Gasteiger partial charge in [0.2, 0.25) is 5.75 Å². The molecule has 0 amide bonds. The van der Waals surface area contributed by atoms with Crippen molar-refractivity contribution < 1.29 is 13.2 Å². The van der Waals surface area contributed by atoms with Crippen LogP contribution in [0.2, 0.25) is 0 Å². The maximum atomic E-state index is 12.7. The van der Waals surface area contributed by atoms with Gasteiger partial charge in [-0.1, -0.05) is 24.3 Å². The van der Waals surface area contributed by atoms with Gasteiger partial charge in [0, 0.05) is 21.2 Å². The van der Waals surface area contributed by atoms with Gasteiger partial charge in [0.15, 0.2) is 9.40 Å². The third kappa shape index (κ3) is 1.86. The molecule has 0 bridgehead atoms. The van der Waals surface area contributed by atoms with E-state index >= 15 is 0 Å². The van der Waals surface area contributed by atoms with Crippen LogP contribution in [0.3, 0.4) is 0 Å². The summed E-state index contributed by atoms with van der Waals surface area (Å²) in [5.74, 6) is -0.763. The van der Waals surface area contributed by atoms with E-state index in [1.165, 1.54) is 0 Å². The number of fused-ring (bicyclic) bond motifs is 3. The molecule has 3 aromatic rings. The Kier molecular flexibility index (Phi) is 2.55. The third-order valence-electron chi connectivity index (χ3n) is 2.90.